The van der Waals surface area contributed by atoms with Crippen LogP contribution in [0, 0.1) is 0 Å². The number of hydrogen-bond acceptors (Lipinski definition) is 6. The van der Waals surface area contributed by atoms with Crippen LogP contribution in [-0.2, 0) is 16.6 Å². The Morgan fingerprint density at radius 1 is 1.16 bits per heavy atom. The van der Waals surface area contributed by atoms with Crippen molar-refractivity contribution in [1.29, 1.82) is 0 Å². The second-order valence-corrected chi connectivity index (χ2v) is 7.91. The van der Waals surface area contributed by atoms with E-state index in [0.29, 0.717) is 5.75 Å². The molecule has 0 aliphatic heterocycles. The summed E-state index contributed by atoms with van der Waals surface area (Å²) in [7, 11) is -3.95. The summed E-state index contributed by atoms with van der Waals surface area (Å²) in [6.07, 6.45) is 0. The zero-order valence-electron chi connectivity index (χ0n) is 12.5. The Morgan fingerprint density at radius 3 is 2.68 bits per heavy atom. The zero-order chi connectivity index (χ0) is 17.9. The van der Waals surface area contributed by atoms with Crippen molar-refractivity contribution in [2.75, 3.05) is 4.72 Å². The first kappa shape index (κ1) is 17.9. The molecule has 0 saturated heterocycles. The van der Waals surface area contributed by atoms with Gasteiger partial charge in [0.1, 0.15) is 22.4 Å². The maximum Gasteiger partial charge on any atom is 0.265 e. The lowest BCUT2D eigenvalue weighted by atomic mass is 10.3. The summed E-state index contributed by atoms with van der Waals surface area (Å²) in [5.74, 6) is 0.372. The number of ether oxygens (including phenoxy) is 1. The average molecular weight is 416 g/mol. The van der Waals surface area contributed by atoms with Gasteiger partial charge in [-0.3, -0.25) is 4.72 Å². The molecule has 0 radical (unpaired) electrons. The SMILES string of the molecule is O=S(=O)(Nc1ccccc1OCc1cscn1)c1ccc(Cl)nc1Cl. The minimum atomic E-state index is -3.95. The lowest BCUT2D eigenvalue weighted by Gasteiger charge is -2.13. The maximum atomic E-state index is 12.6. The molecule has 2 heterocycles. The van der Waals surface area contributed by atoms with E-state index in [1.54, 1.807) is 29.8 Å². The van der Waals surface area contributed by atoms with Crippen LogP contribution in [0.1, 0.15) is 5.69 Å². The smallest absolute Gasteiger partial charge is 0.265 e. The highest BCUT2D eigenvalue weighted by atomic mass is 35.5. The second kappa shape index (κ2) is 7.57. The highest BCUT2D eigenvalue weighted by molar-refractivity contribution is 7.92. The van der Waals surface area contributed by atoms with Gasteiger partial charge in [-0.15, -0.1) is 11.3 Å². The van der Waals surface area contributed by atoms with E-state index in [1.165, 1.54) is 23.5 Å². The van der Waals surface area contributed by atoms with E-state index in [4.69, 9.17) is 27.9 Å². The lowest BCUT2D eigenvalue weighted by molar-refractivity contribution is 0.304. The molecule has 1 aromatic carbocycles. The number of benzene rings is 1. The largest absolute Gasteiger partial charge is 0.485 e. The highest BCUT2D eigenvalue weighted by Crippen LogP contribution is 2.29. The summed E-state index contributed by atoms with van der Waals surface area (Å²) in [5, 5.41) is 1.75. The molecular weight excluding hydrogens is 405 g/mol. The number of thiazole rings is 1. The Bertz CT molecular complexity index is 979. The topological polar surface area (TPSA) is 81.2 Å². The first-order chi connectivity index (χ1) is 12.0. The van der Waals surface area contributed by atoms with Crippen LogP contribution in [0.3, 0.4) is 0 Å². The minimum Gasteiger partial charge on any atom is -0.485 e. The molecule has 130 valence electrons. The van der Waals surface area contributed by atoms with Crippen LogP contribution in [0.2, 0.25) is 10.3 Å². The molecule has 3 aromatic rings. The van der Waals surface area contributed by atoms with Crippen LogP contribution >= 0.6 is 34.5 Å². The molecule has 0 fully saturated rings. The van der Waals surface area contributed by atoms with Crippen molar-refractivity contribution < 1.29 is 13.2 Å². The fraction of sp³-hybridized carbons (Fsp3) is 0.0667. The van der Waals surface area contributed by atoms with Gasteiger partial charge in [0, 0.05) is 5.38 Å². The minimum absolute atomic E-state index is 0.107. The number of para-hydroxylation sites is 2. The number of nitrogens with zero attached hydrogens (tertiary/aromatic N) is 2. The Kier molecular flexibility index (Phi) is 5.43. The Hall–Kier alpha value is -1.87. The van der Waals surface area contributed by atoms with Crippen molar-refractivity contribution in [2.24, 2.45) is 0 Å². The van der Waals surface area contributed by atoms with E-state index in [1.807, 2.05) is 5.38 Å². The second-order valence-electron chi connectivity index (χ2n) is 4.79. The maximum absolute atomic E-state index is 12.6. The van der Waals surface area contributed by atoms with Gasteiger partial charge < -0.3 is 4.74 Å². The van der Waals surface area contributed by atoms with E-state index < -0.39 is 10.0 Å². The molecule has 3 rings (SSSR count). The Morgan fingerprint density at radius 2 is 1.96 bits per heavy atom. The van der Waals surface area contributed by atoms with Crippen LogP contribution in [0.15, 0.2) is 52.2 Å². The molecular formula is C15H11Cl2N3O3S2. The van der Waals surface area contributed by atoms with E-state index in [0.717, 1.165) is 5.69 Å². The molecule has 6 nitrogen and oxygen atoms in total. The number of sulfonamides is 1. The fourth-order valence-electron chi connectivity index (χ4n) is 1.94. The number of nitrogens with one attached hydrogen (secondary N) is 1. The number of aromatic nitrogens is 2. The van der Waals surface area contributed by atoms with Gasteiger partial charge in [-0.2, -0.15) is 0 Å². The van der Waals surface area contributed by atoms with Gasteiger partial charge in [0.2, 0.25) is 0 Å². The Labute approximate surface area is 158 Å². The van der Waals surface area contributed by atoms with Crippen molar-refractivity contribution in [2.45, 2.75) is 11.5 Å². The molecule has 0 spiro atoms. The number of anilines is 1. The third-order valence-corrected chi connectivity index (χ3v) is 5.70. The highest BCUT2D eigenvalue weighted by Gasteiger charge is 2.21. The van der Waals surface area contributed by atoms with E-state index in [2.05, 4.69) is 14.7 Å². The predicted octanol–water partition coefficient (Wildman–Crippen LogP) is 4.22. The van der Waals surface area contributed by atoms with E-state index in [9.17, 15) is 8.42 Å². The van der Waals surface area contributed by atoms with Crippen LogP contribution in [-0.4, -0.2) is 18.4 Å². The van der Waals surface area contributed by atoms with Crippen LogP contribution in [0.4, 0.5) is 5.69 Å². The quantitative estimate of drug-likeness (QED) is 0.609. The van der Waals surface area contributed by atoms with Gasteiger partial charge in [0.15, 0.2) is 5.15 Å². The first-order valence-corrected chi connectivity index (χ1v) is 10.1. The van der Waals surface area contributed by atoms with Crippen molar-refractivity contribution in [3.05, 3.63) is 63.3 Å². The van der Waals surface area contributed by atoms with Gasteiger partial charge in [-0.05, 0) is 24.3 Å². The van der Waals surface area contributed by atoms with Gasteiger partial charge in [0.25, 0.3) is 10.0 Å². The summed E-state index contributed by atoms with van der Waals surface area (Å²) in [6.45, 7) is 0.228. The van der Waals surface area contributed by atoms with Crippen molar-refractivity contribution in [3.8, 4) is 5.75 Å². The lowest BCUT2D eigenvalue weighted by Crippen LogP contribution is -2.15. The number of pyridine rings is 1. The summed E-state index contributed by atoms with van der Waals surface area (Å²) in [6, 6.07) is 9.32. The molecule has 0 aliphatic rings. The third kappa shape index (κ3) is 4.40. The predicted molar refractivity (Wildman–Crippen MR) is 98.0 cm³/mol. The number of halogens is 2. The number of hydrogen-bond donors (Lipinski definition) is 1. The van der Waals surface area contributed by atoms with Crippen molar-refractivity contribution >= 4 is 50.2 Å². The summed E-state index contributed by atoms with van der Waals surface area (Å²) < 4.78 is 33.3. The molecule has 2 aromatic heterocycles. The standard InChI is InChI=1S/C15H11Cl2N3O3S2/c16-14-6-5-13(15(17)19-14)25(21,22)20-11-3-1-2-4-12(11)23-7-10-8-24-9-18-10/h1-6,8-9,20H,7H2. The molecule has 0 unspecified atom stereocenters. The van der Waals surface area contributed by atoms with Gasteiger partial charge in [-0.1, -0.05) is 35.3 Å². The van der Waals surface area contributed by atoms with Crippen LogP contribution < -0.4 is 9.46 Å². The van der Waals surface area contributed by atoms with Crippen LogP contribution in [0.5, 0.6) is 5.75 Å². The fourth-order valence-corrected chi connectivity index (χ4v) is 4.21. The molecule has 0 amide bonds. The van der Waals surface area contributed by atoms with E-state index in [-0.39, 0.29) is 27.5 Å². The van der Waals surface area contributed by atoms with Gasteiger partial charge in [-0.25, -0.2) is 18.4 Å². The molecule has 0 bridgehead atoms. The summed E-state index contributed by atoms with van der Waals surface area (Å²) in [4.78, 5) is 7.69. The summed E-state index contributed by atoms with van der Waals surface area (Å²) >= 11 is 13.1. The molecule has 25 heavy (non-hydrogen) atoms. The van der Waals surface area contributed by atoms with Crippen LogP contribution in [0.25, 0.3) is 0 Å². The van der Waals surface area contributed by atoms with Gasteiger partial charge in [0.05, 0.1) is 16.9 Å². The summed E-state index contributed by atoms with van der Waals surface area (Å²) in [5.41, 5.74) is 2.74. The first-order valence-electron chi connectivity index (χ1n) is 6.89. The van der Waals surface area contributed by atoms with Crippen molar-refractivity contribution in [1.82, 2.24) is 9.97 Å². The zero-order valence-corrected chi connectivity index (χ0v) is 15.7. The molecule has 1 N–H and O–H groups in total. The monoisotopic (exact) mass is 415 g/mol. The van der Waals surface area contributed by atoms with Gasteiger partial charge >= 0.3 is 0 Å². The molecule has 0 saturated carbocycles. The van der Waals surface area contributed by atoms with Crippen molar-refractivity contribution in [3.63, 3.8) is 0 Å². The molecule has 0 aliphatic carbocycles. The molecule has 0 atom stereocenters. The Balaban J connectivity index is 1.84. The third-order valence-electron chi connectivity index (χ3n) is 3.06. The normalized spacial score (nSPS) is 11.3. The average Bonchev–Trinajstić information content (AvgIpc) is 3.07. The number of rotatable bonds is 6. The van der Waals surface area contributed by atoms with E-state index >= 15 is 0 Å². The molecule has 10 heteroatoms.